The Kier molecular flexibility index (Phi) is 4.92. The number of hydrogen-bond donors (Lipinski definition) is 1. The van der Waals surface area contributed by atoms with Crippen LogP contribution in [0.3, 0.4) is 0 Å². The van der Waals surface area contributed by atoms with Gasteiger partial charge >= 0.3 is 6.03 Å². The molecule has 1 saturated heterocycles. The van der Waals surface area contributed by atoms with E-state index >= 15 is 0 Å². The Morgan fingerprint density at radius 2 is 2.00 bits per heavy atom. The third-order valence-corrected chi connectivity index (χ3v) is 4.53. The zero-order valence-electron chi connectivity index (χ0n) is 11.0. The summed E-state index contributed by atoms with van der Waals surface area (Å²) in [5.74, 6) is 1.42. The normalized spacial score (nSPS) is 25.6. The number of hydrogen-bond acceptors (Lipinski definition) is 3. The molecule has 1 atom stereocenters. The lowest BCUT2D eigenvalue weighted by molar-refractivity contribution is -0.128. The van der Waals surface area contributed by atoms with Gasteiger partial charge in [-0.3, -0.25) is 9.69 Å². The summed E-state index contributed by atoms with van der Waals surface area (Å²) in [6.07, 6.45) is 8.86. The van der Waals surface area contributed by atoms with Gasteiger partial charge in [0.2, 0.25) is 0 Å². The highest BCUT2D eigenvalue weighted by Crippen LogP contribution is 2.25. The number of thioether (sulfide) groups is 1. The molecule has 2 rings (SSSR count). The second-order valence-electron chi connectivity index (χ2n) is 5.24. The molecule has 3 amide bonds. The Hall–Kier alpha value is -0.710. The van der Waals surface area contributed by atoms with Crippen LogP contribution in [0.15, 0.2) is 0 Å². The number of amides is 3. The Labute approximate surface area is 113 Å². The largest absolute Gasteiger partial charge is 0.326 e. The molecule has 0 aromatic heterocycles. The van der Waals surface area contributed by atoms with Crippen molar-refractivity contribution < 1.29 is 9.59 Å². The highest BCUT2D eigenvalue weighted by atomic mass is 32.2. The monoisotopic (exact) mass is 270 g/mol. The van der Waals surface area contributed by atoms with E-state index < -0.39 is 0 Å². The van der Waals surface area contributed by atoms with E-state index in [4.69, 9.17) is 0 Å². The van der Waals surface area contributed by atoms with Gasteiger partial charge in [0.05, 0.1) is 0 Å². The summed E-state index contributed by atoms with van der Waals surface area (Å²) in [7, 11) is 0. The molecule has 0 radical (unpaired) electrons. The molecule has 18 heavy (non-hydrogen) atoms. The van der Waals surface area contributed by atoms with Crippen LogP contribution in [0.25, 0.3) is 0 Å². The molecule has 2 aliphatic rings. The Morgan fingerprint density at radius 3 is 2.67 bits per heavy atom. The smallest absolute Gasteiger partial charge is 0.324 e. The first-order valence-corrected chi connectivity index (χ1v) is 8.22. The van der Waals surface area contributed by atoms with Crippen LogP contribution >= 0.6 is 11.8 Å². The maximum Gasteiger partial charge on any atom is 0.324 e. The summed E-state index contributed by atoms with van der Waals surface area (Å²) in [4.78, 5) is 25.4. The van der Waals surface area contributed by atoms with Crippen LogP contribution in [0.5, 0.6) is 0 Å². The van der Waals surface area contributed by atoms with E-state index in [1.807, 2.05) is 6.26 Å². The topological polar surface area (TPSA) is 49.4 Å². The van der Waals surface area contributed by atoms with Crippen molar-refractivity contribution in [3.8, 4) is 0 Å². The Bertz CT molecular complexity index is 316. The standard InChI is InChI=1S/C13H22N2O2S/c1-18-8-7-11-12(16)15(13(17)14-11)9-10-5-3-2-4-6-10/h10-11H,2-9H2,1H3,(H,14,17). The molecular weight excluding hydrogens is 248 g/mol. The van der Waals surface area contributed by atoms with Gasteiger partial charge in [0.1, 0.15) is 6.04 Å². The molecule has 0 aromatic rings. The van der Waals surface area contributed by atoms with E-state index in [-0.39, 0.29) is 18.0 Å². The number of carbonyl (C=O) groups is 2. The zero-order chi connectivity index (χ0) is 13.0. The molecule has 102 valence electrons. The number of carbonyl (C=O) groups excluding carboxylic acids is 2. The molecule has 1 unspecified atom stereocenters. The summed E-state index contributed by atoms with van der Waals surface area (Å²) < 4.78 is 0. The number of urea groups is 1. The molecule has 0 aromatic carbocycles. The van der Waals surface area contributed by atoms with Gasteiger partial charge in [-0.1, -0.05) is 19.3 Å². The van der Waals surface area contributed by atoms with Crippen LogP contribution in [0.2, 0.25) is 0 Å². The van der Waals surface area contributed by atoms with Crippen molar-refractivity contribution in [2.45, 2.75) is 44.6 Å². The van der Waals surface area contributed by atoms with E-state index in [2.05, 4.69) is 5.32 Å². The lowest BCUT2D eigenvalue weighted by atomic mass is 9.89. The number of nitrogens with one attached hydrogen (secondary N) is 1. The van der Waals surface area contributed by atoms with Crippen molar-refractivity contribution in [1.82, 2.24) is 10.2 Å². The predicted molar refractivity (Wildman–Crippen MR) is 73.6 cm³/mol. The van der Waals surface area contributed by atoms with Crippen LogP contribution in [-0.2, 0) is 4.79 Å². The van der Waals surface area contributed by atoms with Gasteiger partial charge < -0.3 is 5.32 Å². The quantitative estimate of drug-likeness (QED) is 0.779. The summed E-state index contributed by atoms with van der Waals surface area (Å²) in [5, 5.41) is 2.80. The zero-order valence-corrected chi connectivity index (χ0v) is 11.8. The average molecular weight is 270 g/mol. The van der Waals surface area contributed by atoms with Gasteiger partial charge in [-0.25, -0.2) is 4.79 Å². The van der Waals surface area contributed by atoms with E-state index in [0.717, 1.165) is 25.0 Å². The summed E-state index contributed by atoms with van der Waals surface area (Å²) in [6.45, 7) is 0.625. The van der Waals surface area contributed by atoms with Gasteiger partial charge in [0.25, 0.3) is 5.91 Å². The first-order chi connectivity index (χ1) is 8.72. The van der Waals surface area contributed by atoms with E-state index in [1.165, 1.54) is 24.2 Å². The van der Waals surface area contributed by atoms with Crippen LogP contribution in [0.1, 0.15) is 38.5 Å². The van der Waals surface area contributed by atoms with Crippen LogP contribution < -0.4 is 5.32 Å². The first kappa shape index (κ1) is 13.7. The van der Waals surface area contributed by atoms with Crippen molar-refractivity contribution in [3.63, 3.8) is 0 Å². The molecule has 1 aliphatic heterocycles. The fourth-order valence-corrected chi connectivity index (χ4v) is 3.28. The lowest BCUT2D eigenvalue weighted by Crippen LogP contribution is -2.36. The first-order valence-electron chi connectivity index (χ1n) is 6.83. The molecule has 2 fully saturated rings. The van der Waals surface area contributed by atoms with Crippen molar-refractivity contribution in [2.24, 2.45) is 5.92 Å². The van der Waals surface area contributed by atoms with E-state index in [0.29, 0.717) is 12.5 Å². The third-order valence-electron chi connectivity index (χ3n) is 3.88. The molecule has 1 heterocycles. The van der Waals surface area contributed by atoms with Gasteiger partial charge in [-0.05, 0) is 37.2 Å². The fourth-order valence-electron chi connectivity index (χ4n) is 2.81. The highest BCUT2D eigenvalue weighted by Gasteiger charge is 2.38. The van der Waals surface area contributed by atoms with Crippen molar-refractivity contribution >= 4 is 23.7 Å². The van der Waals surface area contributed by atoms with Gasteiger partial charge in [0, 0.05) is 6.54 Å². The van der Waals surface area contributed by atoms with E-state index in [9.17, 15) is 9.59 Å². The summed E-state index contributed by atoms with van der Waals surface area (Å²) in [5.41, 5.74) is 0. The van der Waals surface area contributed by atoms with Crippen LogP contribution in [-0.4, -0.2) is 41.4 Å². The minimum Gasteiger partial charge on any atom is -0.326 e. The molecule has 0 spiro atoms. The maximum atomic E-state index is 12.1. The SMILES string of the molecule is CSCCC1NC(=O)N(CC2CCCCC2)C1=O. The molecule has 1 aliphatic carbocycles. The summed E-state index contributed by atoms with van der Waals surface area (Å²) in [6, 6.07) is -0.467. The van der Waals surface area contributed by atoms with Crippen molar-refractivity contribution in [2.75, 3.05) is 18.6 Å². The molecule has 4 nitrogen and oxygen atoms in total. The van der Waals surface area contributed by atoms with Crippen molar-refractivity contribution in [1.29, 1.82) is 0 Å². The third kappa shape index (κ3) is 3.19. The molecule has 1 saturated carbocycles. The second-order valence-corrected chi connectivity index (χ2v) is 6.22. The average Bonchev–Trinajstić information content (AvgIpc) is 2.65. The number of imide groups is 1. The Balaban J connectivity index is 1.87. The number of nitrogens with zero attached hydrogens (tertiary/aromatic N) is 1. The predicted octanol–water partition coefficient (Wildman–Crippen LogP) is 2.24. The molecular formula is C13H22N2O2S. The molecule has 5 heteroatoms. The van der Waals surface area contributed by atoms with Gasteiger partial charge in [-0.15, -0.1) is 0 Å². The second kappa shape index (κ2) is 6.45. The number of rotatable bonds is 5. The van der Waals surface area contributed by atoms with Crippen LogP contribution in [0.4, 0.5) is 4.79 Å². The minimum absolute atomic E-state index is 0.0142. The van der Waals surface area contributed by atoms with Crippen LogP contribution in [0, 0.1) is 5.92 Å². The van der Waals surface area contributed by atoms with Crippen molar-refractivity contribution in [3.05, 3.63) is 0 Å². The fraction of sp³-hybridized carbons (Fsp3) is 0.846. The maximum absolute atomic E-state index is 12.1. The molecule has 0 bridgehead atoms. The lowest BCUT2D eigenvalue weighted by Gasteiger charge is -2.25. The van der Waals surface area contributed by atoms with E-state index in [1.54, 1.807) is 11.8 Å². The van der Waals surface area contributed by atoms with Gasteiger partial charge in [0.15, 0.2) is 0 Å². The summed E-state index contributed by atoms with van der Waals surface area (Å²) >= 11 is 1.71. The Morgan fingerprint density at radius 1 is 1.28 bits per heavy atom. The van der Waals surface area contributed by atoms with Gasteiger partial charge in [-0.2, -0.15) is 11.8 Å². The minimum atomic E-state index is -0.284. The highest BCUT2D eigenvalue weighted by molar-refractivity contribution is 7.98. The molecule has 1 N–H and O–H groups in total.